The smallest absolute Gasteiger partial charge is 0.250 e. The zero-order valence-electron chi connectivity index (χ0n) is 22.3. The molecule has 3 aliphatic rings. The van der Waals surface area contributed by atoms with E-state index >= 15 is 0 Å². The van der Waals surface area contributed by atoms with Crippen molar-refractivity contribution in [2.45, 2.75) is 24.4 Å². The van der Waals surface area contributed by atoms with Gasteiger partial charge in [0, 0.05) is 28.9 Å². The quantitative estimate of drug-likeness (QED) is 0.248. The molecular formula is C30H28ClN3O7. The Kier molecular flexibility index (Phi) is 6.55. The summed E-state index contributed by atoms with van der Waals surface area (Å²) in [6.07, 6.45) is 0.602. The predicted octanol–water partition coefficient (Wildman–Crippen LogP) is 2.97. The Hall–Kier alpha value is -4.28. The number of nitrogens with one attached hydrogen (secondary N) is 2. The van der Waals surface area contributed by atoms with Crippen LogP contribution in [0.5, 0.6) is 23.0 Å². The maximum Gasteiger partial charge on any atom is 0.250 e. The summed E-state index contributed by atoms with van der Waals surface area (Å²) >= 11 is 6.33. The van der Waals surface area contributed by atoms with Gasteiger partial charge in [-0.15, -0.1) is 0 Å². The lowest BCUT2D eigenvalue weighted by atomic mass is 9.76. The molecule has 41 heavy (non-hydrogen) atoms. The number of aromatic hydroxyl groups is 2. The molecule has 0 saturated carbocycles. The molecule has 212 valence electrons. The summed E-state index contributed by atoms with van der Waals surface area (Å²) in [4.78, 5) is 43.0. The molecule has 3 aromatic carbocycles. The molecule has 0 radical (unpaired) electrons. The number of methoxy groups -OCH3 is 2. The number of carbonyl (C=O) groups is 3. The average molecular weight is 578 g/mol. The first-order valence-corrected chi connectivity index (χ1v) is 13.5. The van der Waals surface area contributed by atoms with Crippen LogP contribution in [0.1, 0.15) is 16.7 Å². The summed E-state index contributed by atoms with van der Waals surface area (Å²) in [6.45, 7) is 0.118. The molecule has 0 aromatic heterocycles. The largest absolute Gasteiger partial charge is 0.504 e. The minimum atomic E-state index is -1.50. The van der Waals surface area contributed by atoms with Crippen LogP contribution in [0.4, 0.5) is 5.69 Å². The number of amides is 3. The Morgan fingerprint density at radius 2 is 1.66 bits per heavy atom. The summed E-state index contributed by atoms with van der Waals surface area (Å²) in [5, 5.41) is 26.4. The highest BCUT2D eigenvalue weighted by molar-refractivity contribution is 6.31. The Morgan fingerprint density at radius 1 is 0.902 bits per heavy atom. The molecule has 1 spiro atoms. The van der Waals surface area contributed by atoms with Gasteiger partial charge in [0.1, 0.15) is 5.54 Å². The first kappa shape index (κ1) is 26.9. The predicted molar refractivity (Wildman–Crippen MR) is 149 cm³/mol. The number of anilines is 1. The van der Waals surface area contributed by atoms with Gasteiger partial charge in [0.05, 0.1) is 26.1 Å². The summed E-state index contributed by atoms with van der Waals surface area (Å²) in [5.74, 6) is -2.55. The van der Waals surface area contributed by atoms with Crippen LogP contribution in [0.15, 0.2) is 54.6 Å². The lowest BCUT2D eigenvalue weighted by molar-refractivity contribution is -0.142. The van der Waals surface area contributed by atoms with Crippen LogP contribution in [0.25, 0.3) is 0 Å². The summed E-state index contributed by atoms with van der Waals surface area (Å²) in [5.41, 5.74) is 1.02. The molecule has 3 aromatic rings. The third-order valence-electron chi connectivity index (χ3n) is 8.34. The average Bonchev–Trinajstić information content (AvgIpc) is 3.53. The maximum absolute atomic E-state index is 14.1. The number of likely N-dealkylation sites (tertiary alicyclic amines) is 1. The van der Waals surface area contributed by atoms with Crippen LogP contribution in [0.3, 0.4) is 0 Å². The van der Waals surface area contributed by atoms with E-state index in [1.165, 1.54) is 24.1 Å². The molecule has 4 atom stereocenters. The van der Waals surface area contributed by atoms with E-state index in [2.05, 4.69) is 10.6 Å². The zero-order chi connectivity index (χ0) is 29.1. The molecule has 10 nitrogen and oxygen atoms in total. The van der Waals surface area contributed by atoms with Crippen molar-refractivity contribution in [1.82, 2.24) is 10.2 Å². The number of halogens is 1. The van der Waals surface area contributed by atoms with E-state index in [0.717, 1.165) is 5.56 Å². The minimum Gasteiger partial charge on any atom is -0.504 e. The van der Waals surface area contributed by atoms with E-state index in [4.69, 9.17) is 21.1 Å². The minimum absolute atomic E-state index is 0.118. The van der Waals surface area contributed by atoms with Crippen molar-refractivity contribution >= 4 is 35.0 Å². The van der Waals surface area contributed by atoms with Gasteiger partial charge in [0.25, 0.3) is 0 Å². The normalized spacial score (nSPS) is 24.5. The molecule has 11 heteroatoms. The number of ether oxygens (including phenoxy) is 2. The number of rotatable bonds is 7. The Bertz CT molecular complexity index is 1590. The van der Waals surface area contributed by atoms with Crippen LogP contribution >= 0.6 is 11.6 Å². The zero-order valence-corrected chi connectivity index (χ0v) is 23.1. The van der Waals surface area contributed by atoms with Crippen molar-refractivity contribution in [3.63, 3.8) is 0 Å². The van der Waals surface area contributed by atoms with Gasteiger partial charge < -0.3 is 25.0 Å². The summed E-state index contributed by atoms with van der Waals surface area (Å²) in [7, 11) is 3.08. The van der Waals surface area contributed by atoms with Crippen LogP contribution in [-0.4, -0.2) is 59.6 Å². The fourth-order valence-corrected chi connectivity index (χ4v) is 6.63. The fourth-order valence-electron chi connectivity index (χ4n) is 6.46. The molecule has 3 amide bonds. The first-order chi connectivity index (χ1) is 19.7. The number of hydrogen-bond acceptors (Lipinski definition) is 8. The van der Waals surface area contributed by atoms with E-state index in [0.29, 0.717) is 39.8 Å². The Labute approximate surface area is 240 Å². The number of phenols is 2. The van der Waals surface area contributed by atoms with Crippen LogP contribution in [0.2, 0.25) is 5.02 Å². The lowest BCUT2D eigenvalue weighted by Crippen LogP contribution is -2.53. The molecule has 3 heterocycles. The van der Waals surface area contributed by atoms with Crippen molar-refractivity contribution in [2.75, 3.05) is 26.1 Å². The highest BCUT2D eigenvalue weighted by Gasteiger charge is 2.70. The Morgan fingerprint density at radius 3 is 2.39 bits per heavy atom. The number of imide groups is 1. The molecule has 0 unspecified atom stereocenters. The number of phenolic OH excluding ortho intramolecular Hbond substituents is 2. The number of benzene rings is 3. The standard InChI is InChI=1S/C30H28ClN3O7/c1-40-23-8-4-15(13-24(23)41-2)9-10-34-27(37)25-20(11-16-3-7-21(35)22(36)12-16)33-30(26(25)28(34)38)18-14-17(31)5-6-19(18)32-29(30)39/h3-8,12-14,20,25-26,33,35-36H,9-11H2,1-2H3,(H,32,39)/t20-,25+,26+,30-/m1/s1. The van der Waals surface area contributed by atoms with Gasteiger partial charge >= 0.3 is 0 Å². The fraction of sp³-hybridized carbons (Fsp3) is 0.300. The van der Waals surface area contributed by atoms with E-state index in [-0.39, 0.29) is 30.4 Å². The number of hydrogen-bond donors (Lipinski definition) is 4. The second-order valence-electron chi connectivity index (χ2n) is 10.5. The third-order valence-corrected chi connectivity index (χ3v) is 8.57. The third kappa shape index (κ3) is 4.17. The molecule has 3 aliphatic heterocycles. The highest BCUT2D eigenvalue weighted by Crippen LogP contribution is 2.53. The molecule has 4 N–H and O–H groups in total. The van der Waals surface area contributed by atoms with Crippen LogP contribution < -0.4 is 20.1 Å². The van der Waals surface area contributed by atoms with Gasteiger partial charge in [-0.05, 0) is 66.4 Å². The van der Waals surface area contributed by atoms with Crippen LogP contribution in [0, 0.1) is 11.8 Å². The molecule has 0 aliphatic carbocycles. The maximum atomic E-state index is 14.1. The number of carbonyl (C=O) groups excluding carboxylic acids is 3. The summed E-state index contributed by atoms with van der Waals surface area (Å²) in [6, 6.07) is 14.2. The molecule has 2 saturated heterocycles. The SMILES string of the molecule is COc1ccc(CCN2C(=O)[C@@H]3[C@@H](C2=O)[C@@]2(N[C@@H]3Cc3ccc(O)c(O)c3)C(=O)Nc3ccc(Cl)cc32)cc1OC. The monoisotopic (exact) mass is 577 g/mol. The van der Waals surface area contributed by atoms with Gasteiger partial charge in [-0.2, -0.15) is 0 Å². The second kappa shape index (κ2) is 9.97. The van der Waals surface area contributed by atoms with Gasteiger partial charge in [0.15, 0.2) is 23.0 Å². The van der Waals surface area contributed by atoms with Gasteiger partial charge in [0.2, 0.25) is 17.7 Å². The van der Waals surface area contributed by atoms with E-state index < -0.39 is 35.2 Å². The first-order valence-electron chi connectivity index (χ1n) is 13.1. The topological polar surface area (TPSA) is 137 Å². The van der Waals surface area contributed by atoms with Crippen molar-refractivity contribution in [1.29, 1.82) is 0 Å². The van der Waals surface area contributed by atoms with Gasteiger partial charge in [-0.25, -0.2) is 0 Å². The number of fused-ring (bicyclic) bond motifs is 4. The number of nitrogens with zero attached hydrogens (tertiary/aromatic N) is 1. The highest BCUT2D eigenvalue weighted by atomic mass is 35.5. The van der Waals surface area contributed by atoms with Gasteiger partial charge in [-0.3, -0.25) is 24.6 Å². The van der Waals surface area contributed by atoms with Crippen molar-refractivity contribution < 1.29 is 34.1 Å². The second-order valence-corrected chi connectivity index (χ2v) is 10.9. The van der Waals surface area contributed by atoms with Gasteiger partial charge in [-0.1, -0.05) is 23.7 Å². The molecule has 2 fully saturated rings. The van der Waals surface area contributed by atoms with E-state index in [9.17, 15) is 24.6 Å². The molecule has 6 rings (SSSR count). The van der Waals surface area contributed by atoms with Crippen molar-refractivity contribution in [2.24, 2.45) is 11.8 Å². The van der Waals surface area contributed by atoms with Crippen molar-refractivity contribution in [3.8, 4) is 23.0 Å². The molecule has 0 bridgehead atoms. The van der Waals surface area contributed by atoms with E-state index in [1.54, 1.807) is 43.5 Å². The molecular weight excluding hydrogens is 550 g/mol. The van der Waals surface area contributed by atoms with Crippen LogP contribution in [-0.2, 0) is 32.8 Å². The Balaban J connectivity index is 1.36. The lowest BCUT2D eigenvalue weighted by Gasteiger charge is -2.29. The van der Waals surface area contributed by atoms with Crippen molar-refractivity contribution in [3.05, 3.63) is 76.3 Å². The summed E-state index contributed by atoms with van der Waals surface area (Å²) < 4.78 is 10.7. The van der Waals surface area contributed by atoms with E-state index in [1.807, 2.05) is 6.07 Å².